The second-order valence-corrected chi connectivity index (χ2v) is 11.0. The number of aliphatic hydroxyl groups is 2. The third kappa shape index (κ3) is 4.07. The fraction of sp³-hybridized carbons (Fsp3) is 0.324. The highest BCUT2D eigenvalue weighted by atomic mass is 16.5. The minimum absolute atomic E-state index is 0.110. The van der Waals surface area contributed by atoms with Crippen LogP contribution in [-0.2, 0) is 4.79 Å². The van der Waals surface area contributed by atoms with Crippen LogP contribution in [0.3, 0.4) is 0 Å². The Kier molecular flexibility index (Phi) is 7.54. The molecule has 0 bridgehead atoms. The molecule has 45 heavy (non-hydrogen) atoms. The number of aliphatic hydroxyl groups excluding tert-OH is 2. The molecule has 0 spiro atoms. The highest BCUT2D eigenvalue weighted by Crippen LogP contribution is 2.58. The molecule has 6 rings (SSSR count). The number of nitrogens with one attached hydrogen (secondary N) is 2. The SMILES string of the molecule is COc1c(NCCO)c2c(=O)cc(OC)c3c4c(OC)cc(=O)c5c(NCCO)c(OC)c6c(c(c1C=C(C)C6C(C)=O)c23)c54. The second kappa shape index (κ2) is 11.2. The van der Waals surface area contributed by atoms with Crippen LogP contribution in [0.15, 0.2) is 27.3 Å². The van der Waals surface area contributed by atoms with Crippen LogP contribution in [0.5, 0.6) is 23.0 Å². The number of Topliss-reactive ketones (excluding diaryl/α,β-unsaturated/α-hetero) is 1. The first-order valence-electron chi connectivity index (χ1n) is 14.5. The number of allylic oxidation sites excluding steroid dienone is 1. The molecule has 4 N–H and O–H groups in total. The van der Waals surface area contributed by atoms with Gasteiger partial charge in [-0.25, -0.2) is 0 Å². The number of carbonyl (C=O) groups is 1. The minimum Gasteiger partial charge on any atom is -0.496 e. The topological polar surface area (TPSA) is 153 Å². The Labute approximate surface area is 257 Å². The highest BCUT2D eigenvalue weighted by Gasteiger charge is 2.37. The Morgan fingerprint density at radius 2 is 1.20 bits per heavy atom. The van der Waals surface area contributed by atoms with E-state index >= 15 is 0 Å². The van der Waals surface area contributed by atoms with E-state index in [2.05, 4.69) is 10.6 Å². The quantitative estimate of drug-likeness (QED) is 0.127. The molecule has 0 aliphatic heterocycles. The van der Waals surface area contributed by atoms with Crippen molar-refractivity contribution in [2.45, 2.75) is 19.8 Å². The third-order valence-electron chi connectivity index (χ3n) is 8.69. The minimum atomic E-state index is -0.803. The molecule has 0 saturated carbocycles. The zero-order valence-electron chi connectivity index (χ0n) is 25.9. The summed E-state index contributed by atoms with van der Waals surface area (Å²) < 4.78 is 23.7. The van der Waals surface area contributed by atoms with E-state index < -0.39 is 5.92 Å². The summed E-state index contributed by atoms with van der Waals surface area (Å²) in [6.45, 7) is 3.16. The van der Waals surface area contributed by atoms with Gasteiger partial charge in [0, 0.05) is 63.3 Å². The van der Waals surface area contributed by atoms with E-state index in [1.807, 2.05) is 13.0 Å². The van der Waals surface area contributed by atoms with Crippen molar-refractivity contribution in [3.63, 3.8) is 0 Å². The maximum Gasteiger partial charge on any atom is 0.192 e. The van der Waals surface area contributed by atoms with E-state index in [0.717, 1.165) is 0 Å². The summed E-state index contributed by atoms with van der Waals surface area (Å²) in [4.78, 5) is 41.6. The highest BCUT2D eigenvalue weighted by molar-refractivity contribution is 6.40. The number of fused-ring (bicyclic) bond motifs is 1. The van der Waals surface area contributed by atoms with Crippen molar-refractivity contribution in [1.29, 1.82) is 0 Å². The summed E-state index contributed by atoms with van der Waals surface area (Å²) in [5.74, 6) is 0.183. The Morgan fingerprint density at radius 3 is 1.64 bits per heavy atom. The van der Waals surface area contributed by atoms with Gasteiger partial charge in [0.2, 0.25) is 0 Å². The molecule has 1 aliphatic carbocycles. The molecule has 1 unspecified atom stereocenters. The van der Waals surface area contributed by atoms with Crippen molar-refractivity contribution in [2.75, 3.05) is 65.4 Å². The Hall–Kier alpha value is -4.87. The van der Waals surface area contributed by atoms with Crippen molar-refractivity contribution >= 4 is 66.3 Å². The maximum atomic E-state index is 14.0. The standard InChI is InChI=1S/C34H34N2O9/c1-14-11-16-22-27-23(31(33(16)44-5)35-7-9-37)17(40)12-19(42-3)25(27)26-20(43-4)13-18(41)24-29(26)28(22)30(21(14)15(2)39)34(45-6)32(24)36-8-10-38/h11-13,21,35-38H,7-10H2,1-6H3. The lowest BCUT2D eigenvalue weighted by atomic mass is 9.80. The molecule has 0 fully saturated rings. The van der Waals surface area contributed by atoms with E-state index in [0.29, 0.717) is 71.5 Å². The van der Waals surface area contributed by atoms with Crippen LogP contribution in [0, 0.1) is 0 Å². The van der Waals surface area contributed by atoms with E-state index in [9.17, 15) is 24.6 Å². The lowest BCUT2D eigenvalue weighted by molar-refractivity contribution is -0.117. The average molecular weight is 615 g/mol. The largest absolute Gasteiger partial charge is 0.496 e. The van der Waals surface area contributed by atoms with Gasteiger partial charge in [0.25, 0.3) is 0 Å². The Morgan fingerprint density at radius 1 is 0.711 bits per heavy atom. The predicted octanol–water partition coefficient (Wildman–Crippen LogP) is 3.83. The molecule has 234 valence electrons. The first kappa shape index (κ1) is 30.2. The molecule has 11 heteroatoms. The first-order valence-corrected chi connectivity index (χ1v) is 14.5. The smallest absolute Gasteiger partial charge is 0.192 e. The lowest BCUT2D eigenvalue weighted by Crippen LogP contribution is -2.17. The first-order chi connectivity index (χ1) is 21.7. The molecule has 5 aromatic carbocycles. The van der Waals surface area contributed by atoms with Gasteiger partial charge in [0.1, 0.15) is 23.0 Å². The molecular formula is C34H34N2O9. The van der Waals surface area contributed by atoms with Crippen molar-refractivity contribution in [1.82, 2.24) is 0 Å². The normalized spacial score (nSPS) is 14.3. The van der Waals surface area contributed by atoms with Crippen LogP contribution >= 0.6 is 0 Å². The number of ether oxygens (including phenoxy) is 4. The van der Waals surface area contributed by atoms with E-state index in [1.165, 1.54) is 47.5 Å². The molecule has 0 radical (unpaired) electrons. The number of carbonyl (C=O) groups excluding carboxylic acids is 1. The van der Waals surface area contributed by atoms with Gasteiger partial charge in [-0.3, -0.25) is 14.4 Å². The summed E-state index contributed by atoms with van der Waals surface area (Å²) in [5, 5.41) is 29.6. The number of rotatable bonds is 11. The van der Waals surface area contributed by atoms with Crippen LogP contribution in [0.25, 0.3) is 49.2 Å². The van der Waals surface area contributed by atoms with Gasteiger partial charge >= 0.3 is 0 Å². The van der Waals surface area contributed by atoms with Gasteiger partial charge in [-0.15, -0.1) is 0 Å². The molecule has 0 aromatic heterocycles. The van der Waals surface area contributed by atoms with Gasteiger partial charge in [0.15, 0.2) is 16.6 Å². The number of hydrogen-bond donors (Lipinski definition) is 4. The molecule has 0 saturated heterocycles. The summed E-state index contributed by atoms with van der Waals surface area (Å²) in [6, 6.07) is 2.77. The molecule has 1 atom stereocenters. The predicted molar refractivity (Wildman–Crippen MR) is 176 cm³/mol. The molecule has 5 aromatic rings. The molecular weight excluding hydrogens is 580 g/mol. The maximum absolute atomic E-state index is 14.0. The van der Waals surface area contributed by atoms with E-state index in [-0.39, 0.29) is 65.6 Å². The van der Waals surface area contributed by atoms with Gasteiger partial charge in [-0.1, -0.05) is 11.6 Å². The average Bonchev–Trinajstić information content (AvgIpc) is 3.16. The molecule has 0 heterocycles. The van der Waals surface area contributed by atoms with Crippen LogP contribution in [0.2, 0.25) is 0 Å². The van der Waals surface area contributed by atoms with Gasteiger partial charge in [0.05, 0.1) is 69.7 Å². The lowest BCUT2D eigenvalue weighted by Gasteiger charge is -2.27. The summed E-state index contributed by atoms with van der Waals surface area (Å²) >= 11 is 0. The Bertz CT molecular complexity index is 2170. The Balaban J connectivity index is 2.13. The van der Waals surface area contributed by atoms with Gasteiger partial charge in [-0.05, 0) is 19.2 Å². The van der Waals surface area contributed by atoms with E-state index in [4.69, 9.17) is 18.9 Å². The second-order valence-electron chi connectivity index (χ2n) is 11.0. The third-order valence-corrected chi connectivity index (χ3v) is 8.69. The zero-order valence-corrected chi connectivity index (χ0v) is 25.9. The van der Waals surface area contributed by atoms with Crippen molar-refractivity contribution in [2.24, 2.45) is 0 Å². The van der Waals surface area contributed by atoms with Gasteiger partial charge in [-0.2, -0.15) is 0 Å². The molecule has 11 nitrogen and oxygen atoms in total. The van der Waals surface area contributed by atoms with Crippen molar-refractivity contribution < 1.29 is 34.0 Å². The summed E-state index contributed by atoms with van der Waals surface area (Å²) in [7, 11) is 5.89. The van der Waals surface area contributed by atoms with Crippen LogP contribution in [-0.4, -0.2) is 70.7 Å². The van der Waals surface area contributed by atoms with E-state index in [1.54, 1.807) is 0 Å². The van der Waals surface area contributed by atoms with Crippen LogP contribution in [0.4, 0.5) is 11.4 Å². The number of ketones is 1. The van der Waals surface area contributed by atoms with Crippen molar-refractivity contribution in [3.05, 3.63) is 49.3 Å². The summed E-state index contributed by atoms with van der Waals surface area (Å²) in [5.41, 5.74) is 1.78. The number of hydrogen-bond acceptors (Lipinski definition) is 11. The fourth-order valence-electron chi connectivity index (χ4n) is 7.20. The zero-order chi connectivity index (χ0) is 32.3. The summed E-state index contributed by atoms with van der Waals surface area (Å²) in [6.07, 6.45) is 1.87. The van der Waals surface area contributed by atoms with Crippen LogP contribution < -0.4 is 40.4 Å². The number of benzene rings is 5. The van der Waals surface area contributed by atoms with Crippen molar-refractivity contribution in [3.8, 4) is 23.0 Å². The molecule has 0 amide bonds. The number of anilines is 2. The number of methoxy groups -OCH3 is 4. The van der Waals surface area contributed by atoms with Crippen LogP contribution in [0.1, 0.15) is 30.9 Å². The molecule has 1 aliphatic rings. The monoisotopic (exact) mass is 614 g/mol. The van der Waals surface area contributed by atoms with Gasteiger partial charge < -0.3 is 39.8 Å². The fourth-order valence-corrected chi connectivity index (χ4v) is 7.20.